The second kappa shape index (κ2) is 8.15. The van der Waals surface area contributed by atoms with Gasteiger partial charge in [0.15, 0.2) is 8.29 Å². The van der Waals surface area contributed by atoms with Gasteiger partial charge in [0.25, 0.3) is 0 Å². The average molecular weight is 406 g/mol. The summed E-state index contributed by atoms with van der Waals surface area (Å²) in [6.45, 7) is 5.89. The molecule has 3 aromatic rings. The van der Waals surface area contributed by atoms with Crippen LogP contribution in [0.15, 0.2) is 46.9 Å². The lowest BCUT2D eigenvalue weighted by Gasteiger charge is -2.14. The van der Waals surface area contributed by atoms with Crippen molar-refractivity contribution in [2.24, 2.45) is 0 Å². The number of thioether (sulfide) groups is 1. The van der Waals surface area contributed by atoms with Crippen molar-refractivity contribution in [2.45, 2.75) is 36.4 Å². The molecule has 0 aliphatic heterocycles. The Kier molecular flexibility index (Phi) is 5.90. The van der Waals surface area contributed by atoms with Crippen LogP contribution < -0.4 is 5.32 Å². The lowest BCUT2D eigenvalue weighted by atomic mass is 10.3. The van der Waals surface area contributed by atoms with E-state index in [4.69, 9.17) is 12.2 Å². The molecular formula is C17H19N5OS3. The number of aromatic nitrogens is 4. The predicted octanol–water partition coefficient (Wildman–Crippen LogP) is 4.56. The fourth-order valence-electron chi connectivity index (χ4n) is 2.30. The van der Waals surface area contributed by atoms with Gasteiger partial charge in [-0.15, -0.1) is 5.10 Å². The first kappa shape index (κ1) is 18.8. The first-order valence-corrected chi connectivity index (χ1v) is 10.2. The van der Waals surface area contributed by atoms with Gasteiger partial charge >= 0.3 is 0 Å². The second-order valence-corrected chi connectivity index (χ2v) is 9.10. The maximum atomic E-state index is 12.5. The highest BCUT2D eigenvalue weighted by molar-refractivity contribution is 8.02. The summed E-state index contributed by atoms with van der Waals surface area (Å²) in [7, 11) is 0. The highest BCUT2D eigenvalue weighted by Crippen LogP contribution is 2.28. The first-order chi connectivity index (χ1) is 12.5. The average Bonchev–Trinajstić information content (AvgIpc) is 3.22. The standard InChI is InChI=1S/C17H19N5OS3/c1-11(2)21-14(9-10-18-21)19-15(23)12(3)25-16-20-22(17(24)26-16)13-7-5-4-6-8-13/h4-12H,1-3H3,(H,19,23). The van der Waals surface area contributed by atoms with Crippen molar-refractivity contribution >= 4 is 47.0 Å². The Morgan fingerprint density at radius 3 is 2.65 bits per heavy atom. The number of carbonyl (C=O) groups is 1. The molecule has 26 heavy (non-hydrogen) atoms. The summed E-state index contributed by atoms with van der Waals surface area (Å²) in [6.07, 6.45) is 1.68. The Labute approximate surface area is 165 Å². The highest BCUT2D eigenvalue weighted by Gasteiger charge is 2.19. The molecule has 1 atom stereocenters. The topological polar surface area (TPSA) is 64.7 Å². The van der Waals surface area contributed by atoms with E-state index in [-0.39, 0.29) is 17.2 Å². The van der Waals surface area contributed by atoms with Crippen LogP contribution in [0.2, 0.25) is 0 Å². The van der Waals surface area contributed by atoms with Crippen molar-refractivity contribution < 1.29 is 4.79 Å². The van der Waals surface area contributed by atoms with Crippen LogP contribution >= 0.6 is 35.3 Å². The zero-order valence-electron chi connectivity index (χ0n) is 14.6. The Balaban J connectivity index is 1.70. The molecule has 2 aromatic heterocycles. The summed E-state index contributed by atoms with van der Waals surface area (Å²) in [5.74, 6) is 0.602. The number of anilines is 1. The fraction of sp³-hybridized carbons (Fsp3) is 0.294. The molecule has 0 aliphatic carbocycles. The number of hydrogen-bond donors (Lipinski definition) is 1. The fourth-order valence-corrected chi connectivity index (χ4v) is 4.80. The summed E-state index contributed by atoms with van der Waals surface area (Å²) in [5.41, 5.74) is 0.915. The van der Waals surface area contributed by atoms with Crippen LogP contribution in [0.1, 0.15) is 26.8 Å². The van der Waals surface area contributed by atoms with E-state index in [9.17, 15) is 4.79 Å². The van der Waals surface area contributed by atoms with Crippen molar-refractivity contribution in [2.75, 3.05) is 5.32 Å². The normalized spacial score (nSPS) is 12.3. The number of para-hydroxylation sites is 1. The monoisotopic (exact) mass is 405 g/mol. The third kappa shape index (κ3) is 4.22. The minimum Gasteiger partial charge on any atom is -0.310 e. The van der Waals surface area contributed by atoms with Crippen molar-refractivity contribution in [1.29, 1.82) is 0 Å². The summed E-state index contributed by atoms with van der Waals surface area (Å²) in [5, 5.41) is 11.4. The number of hydrogen-bond acceptors (Lipinski definition) is 6. The van der Waals surface area contributed by atoms with Crippen molar-refractivity contribution in [1.82, 2.24) is 19.6 Å². The van der Waals surface area contributed by atoms with Gasteiger partial charge < -0.3 is 5.32 Å². The minimum atomic E-state index is -0.310. The zero-order valence-corrected chi connectivity index (χ0v) is 17.1. The van der Waals surface area contributed by atoms with Gasteiger partial charge in [-0.05, 0) is 45.1 Å². The summed E-state index contributed by atoms with van der Waals surface area (Å²) in [6, 6.07) is 11.7. The molecular weight excluding hydrogens is 386 g/mol. The molecule has 0 fully saturated rings. The van der Waals surface area contributed by atoms with Crippen molar-refractivity contribution in [3.05, 3.63) is 46.5 Å². The molecule has 2 heterocycles. The third-order valence-corrected chi connectivity index (χ3v) is 6.00. The quantitative estimate of drug-likeness (QED) is 0.481. The van der Waals surface area contributed by atoms with Gasteiger partial charge in [0.2, 0.25) is 5.91 Å². The Morgan fingerprint density at radius 2 is 1.96 bits per heavy atom. The van der Waals surface area contributed by atoms with Gasteiger partial charge in [-0.2, -0.15) is 5.10 Å². The van der Waals surface area contributed by atoms with Gasteiger partial charge in [-0.25, -0.2) is 9.36 Å². The van der Waals surface area contributed by atoms with E-state index >= 15 is 0 Å². The van der Waals surface area contributed by atoms with Gasteiger partial charge in [0.1, 0.15) is 5.82 Å². The van der Waals surface area contributed by atoms with Gasteiger partial charge in [0.05, 0.1) is 17.1 Å². The summed E-state index contributed by atoms with van der Waals surface area (Å²) >= 11 is 8.20. The molecule has 1 unspecified atom stereocenters. The number of carbonyl (C=O) groups excluding carboxylic acids is 1. The maximum Gasteiger partial charge on any atom is 0.238 e. The Bertz CT molecular complexity index is 945. The van der Waals surface area contributed by atoms with Gasteiger partial charge in [0, 0.05) is 12.1 Å². The number of nitrogens with one attached hydrogen (secondary N) is 1. The van der Waals surface area contributed by atoms with E-state index in [2.05, 4.69) is 15.5 Å². The Hall–Kier alpha value is -1.97. The predicted molar refractivity (Wildman–Crippen MR) is 109 cm³/mol. The smallest absolute Gasteiger partial charge is 0.238 e. The molecule has 9 heteroatoms. The highest BCUT2D eigenvalue weighted by atomic mass is 32.2. The summed E-state index contributed by atoms with van der Waals surface area (Å²) < 4.78 is 4.92. The third-order valence-electron chi connectivity index (χ3n) is 3.59. The van der Waals surface area contributed by atoms with E-state index in [0.717, 1.165) is 10.0 Å². The van der Waals surface area contributed by atoms with Crippen molar-refractivity contribution in [3.63, 3.8) is 0 Å². The van der Waals surface area contributed by atoms with Crippen LogP contribution in [0.25, 0.3) is 5.69 Å². The lowest BCUT2D eigenvalue weighted by molar-refractivity contribution is -0.115. The van der Waals surface area contributed by atoms with Crippen LogP contribution in [0, 0.1) is 3.95 Å². The lowest BCUT2D eigenvalue weighted by Crippen LogP contribution is -2.24. The molecule has 1 N–H and O–H groups in total. The Morgan fingerprint density at radius 1 is 1.23 bits per heavy atom. The number of amides is 1. The molecule has 0 radical (unpaired) electrons. The largest absolute Gasteiger partial charge is 0.310 e. The molecule has 3 rings (SSSR count). The molecule has 0 spiro atoms. The number of benzene rings is 1. The molecule has 0 saturated carbocycles. The van der Waals surface area contributed by atoms with Crippen molar-refractivity contribution in [3.8, 4) is 5.69 Å². The van der Waals surface area contributed by atoms with E-state index in [0.29, 0.717) is 9.77 Å². The molecule has 6 nitrogen and oxygen atoms in total. The molecule has 0 aliphatic rings. The van der Waals surface area contributed by atoms with E-state index in [1.807, 2.05) is 51.1 Å². The molecule has 0 saturated heterocycles. The molecule has 136 valence electrons. The van der Waals surface area contributed by atoms with Crippen LogP contribution in [0.3, 0.4) is 0 Å². The van der Waals surface area contributed by atoms with Gasteiger partial charge in [-0.1, -0.05) is 41.3 Å². The minimum absolute atomic E-state index is 0.0928. The number of nitrogens with zero attached hydrogens (tertiary/aromatic N) is 4. The van der Waals surface area contributed by atoms with Gasteiger partial charge in [-0.3, -0.25) is 4.79 Å². The van der Waals surface area contributed by atoms with Crippen LogP contribution in [0.4, 0.5) is 5.82 Å². The second-order valence-electron chi connectivity index (χ2n) is 5.89. The van der Waals surface area contributed by atoms with Crippen LogP contribution in [0.5, 0.6) is 0 Å². The number of rotatable bonds is 6. The zero-order chi connectivity index (χ0) is 18.7. The van der Waals surface area contributed by atoms with Crippen LogP contribution in [-0.4, -0.2) is 30.7 Å². The van der Waals surface area contributed by atoms with Crippen LogP contribution in [-0.2, 0) is 4.79 Å². The molecule has 1 aromatic carbocycles. The van der Waals surface area contributed by atoms with E-state index < -0.39 is 0 Å². The summed E-state index contributed by atoms with van der Waals surface area (Å²) in [4.78, 5) is 12.5. The first-order valence-electron chi connectivity index (χ1n) is 8.12. The van der Waals surface area contributed by atoms with E-state index in [1.165, 1.54) is 23.1 Å². The maximum absolute atomic E-state index is 12.5. The molecule has 1 amide bonds. The SMILES string of the molecule is CC(Sc1nn(-c2ccccc2)c(=S)s1)C(=O)Nc1ccnn1C(C)C. The molecule has 0 bridgehead atoms. The van der Waals surface area contributed by atoms with E-state index in [1.54, 1.807) is 21.6 Å².